The average Bonchev–Trinajstić information content (AvgIpc) is 3.29. The van der Waals surface area contributed by atoms with Crippen molar-refractivity contribution >= 4 is 11.9 Å². The number of carbonyl (C=O) groups excluding carboxylic acids is 1. The summed E-state index contributed by atoms with van der Waals surface area (Å²) in [4.78, 5) is 25.5. The Morgan fingerprint density at radius 3 is 2.50 bits per heavy atom. The topological polar surface area (TPSA) is 75.4 Å². The zero-order valence-electron chi connectivity index (χ0n) is 13.4. The van der Waals surface area contributed by atoms with E-state index in [-0.39, 0.29) is 23.5 Å². The highest BCUT2D eigenvalue weighted by Gasteiger charge is 2.40. The summed E-state index contributed by atoms with van der Waals surface area (Å²) in [6, 6.07) is 4.82. The van der Waals surface area contributed by atoms with Crippen LogP contribution in [0.4, 0.5) is 4.39 Å². The molecule has 1 fully saturated rings. The SMILES string of the molecule is Cc1cn(-c2ccc(F)cc2)nc1C(=O)N(C1CC1)C(C)C(=O)O. The van der Waals surface area contributed by atoms with Crippen LogP contribution in [0.2, 0.25) is 0 Å². The molecule has 0 aliphatic heterocycles. The number of nitrogens with zero attached hydrogens (tertiary/aromatic N) is 3. The molecule has 1 atom stereocenters. The fraction of sp³-hybridized carbons (Fsp3) is 0.353. The van der Waals surface area contributed by atoms with Crippen LogP contribution in [0.1, 0.15) is 35.8 Å². The Morgan fingerprint density at radius 1 is 1.33 bits per heavy atom. The molecule has 6 nitrogen and oxygen atoms in total. The number of hydrogen-bond acceptors (Lipinski definition) is 3. The molecule has 1 aliphatic carbocycles. The minimum atomic E-state index is -1.04. The number of carboxylic acids is 1. The van der Waals surface area contributed by atoms with Gasteiger partial charge in [0.1, 0.15) is 11.9 Å². The molecule has 1 aromatic carbocycles. The summed E-state index contributed by atoms with van der Waals surface area (Å²) in [5, 5.41) is 13.5. The number of amides is 1. The summed E-state index contributed by atoms with van der Waals surface area (Å²) in [5.74, 6) is -1.77. The first-order valence-corrected chi connectivity index (χ1v) is 7.76. The first-order valence-electron chi connectivity index (χ1n) is 7.76. The molecule has 2 aromatic rings. The molecule has 3 rings (SSSR count). The summed E-state index contributed by atoms with van der Waals surface area (Å²) < 4.78 is 14.5. The first-order chi connectivity index (χ1) is 11.4. The fourth-order valence-corrected chi connectivity index (χ4v) is 2.65. The molecule has 0 bridgehead atoms. The Hall–Kier alpha value is -2.70. The van der Waals surface area contributed by atoms with E-state index in [0.29, 0.717) is 11.3 Å². The minimum absolute atomic E-state index is 0.0426. The standard InChI is InChI=1S/C17H18FN3O3/c1-10-9-20(13-5-3-12(18)4-6-13)19-15(10)16(22)21(14-7-8-14)11(2)17(23)24/h3-6,9,11,14H,7-8H2,1-2H3,(H,23,24). The predicted octanol–water partition coefficient (Wildman–Crippen LogP) is 2.40. The summed E-state index contributed by atoms with van der Waals surface area (Å²) in [7, 11) is 0. The molecule has 1 saturated carbocycles. The number of carbonyl (C=O) groups is 2. The molecule has 1 heterocycles. The van der Waals surface area contributed by atoms with Gasteiger partial charge in [-0.05, 0) is 51.0 Å². The monoisotopic (exact) mass is 331 g/mol. The molecule has 1 aliphatic rings. The van der Waals surface area contributed by atoms with Gasteiger partial charge in [-0.2, -0.15) is 5.10 Å². The lowest BCUT2D eigenvalue weighted by atomic mass is 10.2. The summed E-state index contributed by atoms with van der Waals surface area (Å²) in [5.41, 5.74) is 1.50. The minimum Gasteiger partial charge on any atom is -0.480 e. The molecule has 0 spiro atoms. The Kier molecular flexibility index (Phi) is 4.09. The number of carboxylic acid groups (broad SMARTS) is 1. The average molecular weight is 331 g/mol. The molecule has 1 aromatic heterocycles. The quantitative estimate of drug-likeness (QED) is 0.913. The van der Waals surface area contributed by atoms with Gasteiger partial charge in [0.2, 0.25) is 0 Å². The van der Waals surface area contributed by atoms with E-state index in [1.54, 1.807) is 25.3 Å². The molecule has 7 heteroatoms. The van der Waals surface area contributed by atoms with Crippen LogP contribution < -0.4 is 0 Å². The van der Waals surface area contributed by atoms with Crippen molar-refractivity contribution in [3.63, 3.8) is 0 Å². The van der Waals surface area contributed by atoms with Crippen LogP contribution in [-0.4, -0.2) is 43.7 Å². The van der Waals surface area contributed by atoms with Crippen LogP contribution in [0.3, 0.4) is 0 Å². The Labute approximate surface area is 138 Å². The van der Waals surface area contributed by atoms with E-state index in [0.717, 1.165) is 12.8 Å². The number of aryl methyl sites for hydroxylation is 1. The maximum atomic E-state index is 13.0. The molecular weight excluding hydrogens is 313 g/mol. The summed E-state index contributed by atoms with van der Waals surface area (Å²) in [6.07, 6.45) is 3.29. The lowest BCUT2D eigenvalue weighted by Crippen LogP contribution is -2.45. The number of halogens is 1. The van der Waals surface area contributed by atoms with Gasteiger partial charge in [-0.25, -0.2) is 13.9 Å². The van der Waals surface area contributed by atoms with E-state index in [4.69, 9.17) is 0 Å². The zero-order chi connectivity index (χ0) is 17.4. The normalized spacial score (nSPS) is 15.1. The lowest BCUT2D eigenvalue weighted by Gasteiger charge is -2.25. The van der Waals surface area contributed by atoms with E-state index in [9.17, 15) is 19.1 Å². The highest BCUT2D eigenvalue weighted by Crippen LogP contribution is 2.30. The number of hydrogen-bond donors (Lipinski definition) is 1. The third kappa shape index (κ3) is 3.02. The Morgan fingerprint density at radius 2 is 1.96 bits per heavy atom. The van der Waals surface area contributed by atoms with E-state index in [1.165, 1.54) is 28.6 Å². The van der Waals surface area contributed by atoms with E-state index in [1.807, 2.05) is 0 Å². The van der Waals surface area contributed by atoms with Gasteiger partial charge in [-0.3, -0.25) is 4.79 Å². The van der Waals surface area contributed by atoms with Crippen LogP contribution in [0.15, 0.2) is 30.5 Å². The smallest absolute Gasteiger partial charge is 0.326 e. The van der Waals surface area contributed by atoms with Crippen molar-refractivity contribution < 1.29 is 19.1 Å². The number of aromatic nitrogens is 2. The maximum absolute atomic E-state index is 13.0. The second kappa shape index (κ2) is 6.07. The number of aliphatic carboxylic acids is 1. The van der Waals surface area contributed by atoms with E-state index >= 15 is 0 Å². The summed E-state index contributed by atoms with van der Waals surface area (Å²) in [6.45, 7) is 3.25. The summed E-state index contributed by atoms with van der Waals surface area (Å²) >= 11 is 0. The molecule has 1 unspecified atom stereocenters. The molecule has 0 radical (unpaired) electrons. The van der Waals surface area contributed by atoms with Gasteiger partial charge in [-0.15, -0.1) is 0 Å². The van der Waals surface area contributed by atoms with Gasteiger partial charge in [-0.1, -0.05) is 0 Å². The van der Waals surface area contributed by atoms with Gasteiger partial charge >= 0.3 is 5.97 Å². The van der Waals surface area contributed by atoms with E-state index in [2.05, 4.69) is 5.10 Å². The van der Waals surface area contributed by atoms with Gasteiger partial charge in [0.25, 0.3) is 5.91 Å². The fourth-order valence-electron chi connectivity index (χ4n) is 2.65. The third-order valence-electron chi connectivity index (χ3n) is 4.14. The maximum Gasteiger partial charge on any atom is 0.326 e. The first kappa shape index (κ1) is 16.2. The second-order valence-electron chi connectivity index (χ2n) is 6.04. The predicted molar refractivity (Wildman–Crippen MR) is 84.5 cm³/mol. The molecular formula is C17H18FN3O3. The van der Waals surface area contributed by atoms with Crippen molar-refractivity contribution in [2.24, 2.45) is 0 Å². The largest absolute Gasteiger partial charge is 0.480 e. The molecule has 0 saturated heterocycles. The van der Waals surface area contributed by atoms with Crippen molar-refractivity contribution in [2.75, 3.05) is 0 Å². The van der Waals surface area contributed by atoms with Crippen LogP contribution >= 0.6 is 0 Å². The van der Waals surface area contributed by atoms with Crippen LogP contribution in [0.5, 0.6) is 0 Å². The number of rotatable bonds is 5. The van der Waals surface area contributed by atoms with Crippen molar-refractivity contribution in [1.82, 2.24) is 14.7 Å². The van der Waals surface area contributed by atoms with Crippen LogP contribution in [-0.2, 0) is 4.79 Å². The van der Waals surface area contributed by atoms with Gasteiger partial charge in [0.15, 0.2) is 5.69 Å². The molecule has 24 heavy (non-hydrogen) atoms. The van der Waals surface area contributed by atoms with Crippen molar-refractivity contribution in [3.8, 4) is 5.69 Å². The van der Waals surface area contributed by atoms with Crippen molar-refractivity contribution in [2.45, 2.75) is 38.8 Å². The zero-order valence-corrected chi connectivity index (χ0v) is 13.4. The molecule has 126 valence electrons. The third-order valence-corrected chi connectivity index (χ3v) is 4.14. The molecule has 1 amide bonds. The van der Waals surface area contributed by atoms with Gasteiger partial charge in [0, 0.05) is 17.8 Å². The molecule has 1 N–H and O–H groups in total. The van der Waals surface area contributed by atoms with Crippen molar-refractivity contribution in [3.05, 3.63) is 47.5 Å². The van der Waals surface area contributed by atoms with E-state index < -0.39 is 12.0 Å². The lowest BCUT2D eigenvalue weighted by molar-refractivity contribution is -0.141. The van der Waals surface area contributed by atoms with Crippen molar-refractivity contribution in [1.29, 1.82) is 0 Å². The van der Waals surface area contributed by atoms with Gasteiger partial charge in [0.05, 0.1) is 5.69 Å². The Bertz CT molecular complexity index is 781. The highest BCUT2D eigenvalue weighted by atomic mass is 19.1. The Balaban J connectivity index is 1.92. The second-order valence-corrected chi connectivity index (χ2v) is 6.04. The highest BCUT2D eigenvalue weighted by molar-refractivity contribution is 5.96. The van der Waals surface area contributed by atoms with Crippen LogP contribution in [0, 0.1) is 12.7 Å². The number of benzene rings is 1. The van der Waals surface area contributed by atoms with Gasteiger partial charge < -0.3 is 10.0 Å². The van der Waals surface area contributed by atoms with Crippen LogP contribution in [0.25, 0.3) is 5.69 Å².